The summed E-state index contributed by atoms with van der Waals surface area (Å²) >= 11 is 0. The lowest BCUT2D eigenvalue weighted by Crippen LogP contribution is -2.37. The van der Waals surface area contributed by atoms with Crippen molar-refractivity contribution in [3.05, 3.63) is 78.4 Å². The highest BCUT2D eigenvalue weighted by Gasteiger charge is 2.12. The van der Waals surface area contributed by atoms with E-state index in [0.29, 0.717) is 6.54 Å². The molecule has 2 atom stereocenters. The van der Waals surface area contributed by atoms with Gasteiger partial charge in [0.1, 0.15) is 18.5 Å². The van der Waals surface area contributed by atoms with E-state index in [1.807, 2.05) is 60.7 Å². The number of hydrogen-bond donors (Lipinski definition) is 2. The fourth-order valence-electron chi connectivity index (χ4n) is 3.46. The zero-order valence-corrected chi connectivity index (χ0v) is 18.4. The predicted molar refractivity (Wildman–Crippen MR) is 124 cm³/mol. The standard InChI is InChI=1S/C26H31NO4/c1-19(15-20-13-14-25(29-2)26(16-20)30-3)27-17-22(28)18-31-24-12-8-7-11-23(24)21-9-5-4-6-10-21/h4-14,16,19,22,27-28H,15,17-18H2,1-3H3. The molecular formula is C26H31NO4. The first kappa shape index (κ1) is 22.7. The van der Waals surface area contributed by atoms with E-state index < -0.39 is 6.10 Å². The molecule has 5 nitrogen and oxygen atoms in total. The Morgan fingerprint density at radius 2 is 1.55 bits per heavy atom. The molecule has 2 unspecified atom stereocenters. The number of ether oxygens (including phenoxy) is 3. The van der Waals surface area contributed by atoms with E-state index in [-0.39, 0.29) is 12.6 Å². The second-order valence-corrected chi connectivity index (χ2v) is 7.53. The lowest BCUT2D eigenvalue weighted by atomic mass is 10.0. The smallest absolute Gasteiger partial charge is 0.160 e. The molecule has 0 saturated heterocycles. The summed E-state index contributed by atoms with van der Waals surface area (Å²) in [4.78, 5) is 0. The minimum Gasteiger partial charge on any atom is -0.493 e. The van der Waals surface area contributed by atoms with Crippen LogP contribution in [0.25, 0.3) is 11.1 Å². The van der Waals surface area contributed by atoms with Crippen LogP contribution in [-0.4, -0.2) is 44.6 Å². The second kappa shape index (κ2) is 11.4. The van der Waals surface area contributed by atoms with Gasteiger partial charge < -0.3 is 24.6 Å². The Balaban J connectivity index is 1.49. The number of hydrogen-bond acceptors (Lipinski definition) is 5. The van der Waals surface area contributed by atoms with E-state index in [9.17, 15) is 5.11 Å². The first-order chi connectivity index (χ1) is 15.1. The van der Waals surface area contributed by atoms with E-state index in [1.165, 1.54) is 0 Å². The van der Waals surface area contributed by atoms with Crippen LogP contribution in [0.15, 0.2) is 72.8 Å². The Hall–Kier alpha value is -3.02. The molecular weight excluding hydrogens is 390 g/mol. The van der Waals surface area contributed by atoms with Crippen LogP contribution >= 0.6 is 0 Å². The molecule has 5 heteroatoms. The van der Waals surface area contributed by atoms with Crippen molar-refractivity contribution in [1.29, 1.82) is 0 Å². The van der Waals surface area contributed by atoms with E-state index in [2.05, 4.69) is 24.4 Å². The third-order valence-corrected chi connectivity index (χ3v) is 5.09. The maximum Gasteiger partial charge on any atom is 0.160 e. The molecule has 0 aliphatic rings. The zero-order chi connectivity index (χ0) is 22.1. The summed E-state index contributed by atoms with van der Waals surface area (Å²) in [6, 6.07) is 24.1. The third-order valence-electron chi connectivity index (χ3n) is 5.09. The molecule has 0 heterocycles. The molecule has 0 fully saturated rings. The summed E-state index contributed by atoms with van der Waals surface area (Å²) in [6.07, 6.45) is 0.196. The molecule has 0 bridgehead atoms. The molecule has 0 radical (unpaired) electrons. The quantitative estimate of drug-likeness (QED) is 0.483. The van der Waals surface area contributed by atoms with E-state index in [1.54, 1.807) is 14.2 Å². The lowest BCUT2D eigenvalue weighted by Gasteiger charge is -2.19. The average Bonchev–Trinajstić information content (AvgIpc) is 2.82. The van der Waals surface area contributed by atoms with E-state index in [0.717, 1.165) is 40.4 Å². The SMILES string of the molecule is COc1ccc(CC(C)NCC(O)COc2ccccc2-c2ccccc2)cc1OC. The minimum atomic E-state index is -0.614. The Kier molecular flexibility index (Phi) is 8.33. The number of benzene rings is 3. The normalized spacial score (nSPS) is 12.8. The van der Waals surface area contributed by atoms with Crippen LogP contribution in [0.1, 0.15) is 12.5 Å². The van der Waals surface area contributed by atoms with Crippen molar-refractivity contribution in [2.45, 2.75) is 25.5 Å². The van der Waals surface area contributed by atoms with Crippen molar-refractivity contribution in [3.8, 4) is 28.4 Å². The van der Waals surface area contributed by atoms with Crippen LogP contribution < -0.4 is 19.5 Å². The monoisotopic (exact) mass is 421 g/mol. The molecule has 0 aromatic heterocycles. The molecule has 3 rings (SSSR count). The molecule has 0 spiro atoms. The van der Waals surface area contributed by atoms with E-state index in [4.69, 9.17) is 14.2 Å². The van der Waals surface area contributed by atoms with Gasteiger partial charge in [-0.2, -0.15) is 0 Å². The zero-order valence-electron chi connectivity index (χ0n) is 18.4. The number of methoxy groups -OCH3 is 2. The summed E-state index contributed by atoms with van der Waals surface area (Å²) in [7, 11) is 3.26. The van der Waals surface area contributed by atoms with Gasteiger partial charge in [0.25, 0.3) is 0 Å². The van der Waals surface area contributed by atoms with Crippen LogP contribution in [0.3, 0.4) is 0 Å². The predicted octanol–water partition coefficient (Wildman–Crippen LogP) is 4.33. The van der Waals surface area contributed by atoms with Crippen molar-refractivity contribution >= 4 is 0 Å². The first-order valence-corrected chi connectivity index (χ1v) is 10.5. The maximum atomic E-state index is 10.4. The molecule has 3 aromatic carbocycles. The fourth-order valence-corrected chi connectivity index (χ4v) is 3.46. The van der Waals surface area contributed by atoms with Crippen LogP contribution in [0.2, 0.25) is 0 Å². The fraction of sp³-hybridized carbons (Fsp3) is 0.308. The number of nitrogens with one attached hydrogen (secondary N) is 1. The Bertz CT molecular complexity index is 945. The van der Waals surface area contributed by atoms with Crippen molar-refractivity contribution in [3.63, 3.8) is 0 Å². The molecule has 0 saturated carbocycles. The Morgan fingerprint density at radius 1 is 0.839 bits per heavy atom. The third kappa shape index (κ3) is 6.48. The summed E-state index contributed by atoms with van der Waals surface area (Å²) in [5, 5.41) is 13.8. The summed E-state index contributed by atoms with van der Waals surface area (Å²) in [5.74, 6) is 2.21. The van der Waals surface area contributed by atoms with Gasteiger partial charge in [-0.15, -0.1) is 0 Å². The highest BCUT2D eigenvalue weighted by molar-refractivity contribution is 5.70. The number of para-hydroxylation sites is 1. The Labute approximate surface area is 184 Å². The van der Waals surface area contributed by atoms with Gasteiger partial charge in [0.2, 0.25) is 0 Å². The van der Waals surface area contributed by atoms with Gasteiger partial charge in [0.05, 0.1) is 14.2 Å². The van der Waals surface area contributed by atoms with Crippen LogP contribution in [0.4, 0.5) is 0 Å². The summed E-state index contributed by atoms with van der Waals surface area (Å²) in [5.41, 5.74) is 3.25. The van der Waals surface area contributed by atoms with Crippen LogP contribution in [-0.2, 0) is 6.42 Å². The molecule has 2 N–H and O–H groups in total. The van der Waals surface area contributed by atoms with Gasteiger partial charge in [0, 0.05) is 18.2 Å². The van der Waals surface area contributed by atoms with Gasteiger partial charge >= 0.3 is 0 Å². The average molecular weight is 422 g/mol. The van der Waals surface area contributed by atoms with Gasteiger partial charge in [-0.05, 0) is 42.7 Å². The molecule has 0 aliphatic carbocycles. The van der Waals surface area contributed by atoms with Crippen molar-refractivity contribution < 1.29 is 19.3 Å². The van der Waals surface area contributed by atoms with Gasteiger partial charge in [-0.3, -0.25) is 0 Å². The second-order valence-electron chi connectivity index (χ2n) is 7.53. The number of rotatable bonds is 11. The summed E-state index contributed by atoms with van der Waals surface area (Å²) < 4.78 is 16.6. The Morgan fingerprint density at radius 3 is 2.29 bits per heavy atom. The molecule has 0 aliphatic heterocycles. The first-order valence-electron chi connectivity index (χ1n) is 10.5. The lowest BCUT2D eigenvalue weighted by molar-refractivity contribution is 0.104. The largest absolute Gasteiger partial charge is 0.493 e. The van der Waals surface area contributed by atoms with Crippen LogP contribution in [0, 0.1) is 0 Å². The van der Waals surface area contributed by atoms with Crippen LogP contribution in [0.5, 0.6) is 17.2 Å². The maximum absolute atomic E-state index is 10.4. The molecule has 164 valence electrons. The van der Waals surface area contributed by atoms with Crippen molar-refractivity contribution in [2.75, 3.05) is 27.4 Å². The topological polar surface area (TPSA) is 60.0 Å². The number of aliphatic hydroxyl groups is 1. The molecule has 3 aromatic rings. The minimum absolute atomic E-state index is 0.185. The van der Waals surface area contributed by atoms with E-state index >= 15 is 0 Å². The molecule has 0 amide bonds. The summed E-state index contributed by atoms with van der Waals surface area (Å²) in [6.45, 7) is 2.76. The highest BCUT2D eigenvalue weighted by Crippen LogP contribution is 2.30. The van der Waals surface area contributed by atoms with Gasteiger partial charge in [0.15, 0.2) is 11.5 Å². The van der Waals surface area contributed by atoms with Gasteiger partial charge in [-0.25, -0.2) is 0 Å². The van der Waals surface area contributed by atoms with Crippen molar-refractivity contribution in [2.24, 2.45) is 0 Å². The van der Waals surface area contributed by atoms with Gasteiger partial charge in [-0.1, -0.05) is 54.6 Å². The van der Waals surface area contributed by atoms with Crippen molar-refractivity contribution in [1.82, 2.24) is 5.32 Å². The highest BCUT2D eigenvalue weighted by atomic mass is 16.5. The number of aliphatic hydroxyl groups excluding tert-OH is 1. The molecule has 31 heavy (non-hydrogen) atoms.